The van der Waals surface area contributed by atoms with Crippen LogP contribution in [0.2, 0.25) is 0 Å². The van der Waals surface area contributed by atoms with Gasteiger partial charge in [-0.05, 0) is 18.0 Å². The maximum Gasteiger partial charge on any atom is -0.0236 e. The van der Waals surface area contributed by atoms with Gasteiger partial charge in [-0.2, -0.15) is 0 Å². The van der Waals surface area contributed by atoms with E-state index in [1.165, 1.54) is 6.42 Å². The Labute approximate surface area is 35.2 Å². The van der Waals surface area contributed by atoms with Crippen LogP contribution in [0.3, 0.4) is 0 Å². The molecule has 0 radical (unpaired) electrons. The second-order valence-electron chi connectivity index (χ2n) is 1.88. The molecule has 0 heterocycles. The van der Waals surface area contributed by atoms with Gasteiger partial charge in [-0.25, -0.2) is 0 Å². The average Bonchev–Trinajstić information content (AvgIpc) is 1.79. The molecule has 30 valence electrons. The molecule has 1 saturated carbocycles. The zero-order valence-corrected chi connectivity index (χ0v) is 4.59. The van der Waals surface area contributed by atoms with Gasteiger partial charge in [-0.1, -0.05) is 6.92 Å². The molecule has 1 heteroatoms. The van der Waals surface area contributed by atoms with Crippen molar-refractivity contribution in [3.05, 3.63) is 0 Å². The van der Waals surface area contributed by atoms with Crippen molar-refractivity contribution in [2.45, 2.75) is 19.0 Å². The van der Waals surface area contributed by atoms with Crippen molar-refractivity contribution in [1.29, 1.82) is 0 Å². The molecule has 0 bridgehead atoms. The summed E-state index contributed by atoms with van der Waals surface area (Å²) < 4.78 is 0. The molecule has 0 aromatic carbocycles. The van der Waals surface area contributed by atoms with Crippen LogP contribution in [-0.4, -0.2) is 5.66 Å². The predicted molar refractivity (Wildman–Crippen MR) is 27.3 cm³/mol. The van der Waals surface area contributed by atoms with Gasteiger partial charge in [0.15, 0.2) is 0 Å². The van der Waals surface area contributed by atoms with Crippen LogP contribution in [-0.2, 0) is 0 Å². The van der Waals surface area contributed by atoms with Crippen LogP contribution in [0.15, 0.2) is 0 Å². The van der Waals surface area contributed by atoms with Gasteiger partial charge in [0.1, 0.15) is 0 Å². The Morgan fingerprint density at radius 3 is 2.00 bits per heavy atom. The van der Waals surface area contributed by atoms with E-state index < -0.39 is 0 Å². The smallest absolute Gasteiger partial charge is 0.0236 e. The number of hydrogen-bond donors (Lipinski definition) is 0. The van der Waals surface area contributed by atoms with E-state index in [-0.39, 0.29) is 0 Å². The fourth-order valence-electron chi connectivity index (χ4n) is 0.351. The minimum absolute atomic E-state index is 0.968. The molecule has 0 spiro atoms. The minimum atomic E-state index is 0.968. The molecule has 0 aromatic rings. The van der Waals surface area contributed by atoms with Crippen molar-refractivity contribution in [3.63, 3.8) is 0 Å². The molecule has 1 fully saturated rings. The molecule has 1 aliphatic rings. The highest BCUT2D eigenvalue weighted by atomic mass is 31.0. The maximum absolute atomic E-state index is 2.81. The van der Waals surface area contributed by atoms with E-state index in [0.717, 1.165) is 11.6 Å². The lowest BCUT2D eigenvalue weighted by atomic mass is 10.5. The molecule has 0 amide bonds. The molecule has 2 unspecified atom stereocenters. The van der Waals surface area contributed by atoms with Crippen LogP contribution in [0.1, 0.15) is 13.3 Å². The molecular formula is C4H9P. The van der Waals surface area contributed by atoms with Gasteiger partial charge in [0, 0.05) is 0 Å². The second-order valence-corrected chi connectivity index (χ2v) is 2.73. The molecule has 0 nitrogen and oxygen atoms in total. The molecule has 1 aliphatic carbocycles. The highest BCUT2D eigenvalue weighted by molar-refractivity contribution is 7.18. The molecule has 1 rings (SSSR count). The highest BCUT2D eigenvalue weighted by Gasteiger charge is 2.26. The fraction of sp³-hybridized carbons (Fsp3) is 1.00. The maximum atomic E-state index is 2.81. The molecule has 5 heavy (non-hydrogen) atoms. The summed E-state index contributed by atoms with van der Waals surface area (Å²) in [5.41, 5.74) is 0.968. The number of hydrogen-bond acceptors (Lipinski definition) is 0. The van der Waals surface area contributed by atoms with Crippen LogP contribution in [0.5, 0.6) is 0 Å². The van der Waals surface area contributed by atoms with E-state index >= 15 is 0 Å². The Hall–Kier alpha value is 0.430. The first-order valence-electron chi connectivity index (χ1n) is 2.06. The Kier molecular flexibility index (Phi) is 0.682. The van der Waals surface area contributed by atoms with Gasteiger partial charge >= 0.3 is 0 Å². The molecular weight excluding hydrogens is 79.0 g/mol. The topological polar surface area (TPSA) is 0 Å². The predicted octanol–water partition coefficient (Wildman–Crippen LogP) is 1.27. The summed E-state index contributed by atoms with van der Waals surface area (Å²) in [6, 6.07) is 0. The fourth-order valence-corrected chi connectivity index (χ4v) is 0.780. The standard InChI is InChI=1S/C4H9P/c1-3-2-4(3)5/h3-4H,2,5H2,1H3/t3?,4-/m1/s1. The highest BCUT2D eigenvalue weighted by Crippen LogP contribution is 2.36. The van der Waals surface area contributed by atoms with Gasteiger partial charge in [0.2, 0.25) is 0 Å². The Bertz CT molecular complexity index is 36.9. The Balaban J connectivity index is 2.20. The molecule has 0 saturated heterocycles. The van der Waals surface area contributed by atoms with Crippen LogP contribution in [0, 0.1) is 5.92 Å². The van der Waals surface area contributed by atoms with Crippen molar-refractivity contribution in [2.24, 2.45) is 5.92 Å². The van der Waals surface area contributed by atoms with Crippen molar-refractivity contribution >= 4 is 9.24 Å². The third-order valence-electron chi connectivity index (χ3n) is 1.17. The quantitative estimate of drug-likeness (QED) is 0.391. The molecule has 3 atom stereocenters. The molecule has 0 N–H and O–H groups in total. The van der Waals surface area contributed by atoms with E-state index in [0.29, 0.717) is 0 Å². The lowest BCUT2D eigenvalue weighted by Gasteiger charge is -1.67. The molecule has 0 aliphatic heterocycles. The first-order chi connectivity index (χ1) is 2.30. The normalized spacial score (nSPS) is 49.2. The summed E-state index contributed by atoms with van der Waals surface area (Å²) in [6.07, 6.45) is 1.44. The summed E-state index contributed by atoms with van der Waals surface area (Å²) in [4.78, 5) is 0. The summed E-state index contributed by atoms with van der Waals surface area (Å²) in [7, 11) is 2.81. The number of rotatable bonds is 0. The third kappa shape index (κ3) is 0.633. The second kappa shape index (κ2) is 0.944. The van der Waals surface area contributed by atoms with Crippen molar-refractivity contribution in [2.75, 3.05) is 0 Å². The first kappa shape index (κ1) is 3.61. The average molecular weight is 88.1 g/mol. The summed E-state index contributed by atoms with van der Waals surface area (Å²) in [5.74, 6) is 1.01. The van der Waals surface area contributed by atoms with Gasteiger partial charge in [0.25, 0.3) is 0 Å². The Morgan fingerprint density at radius 2 is 2.00 bits per heavy atom. The third-order valence-corrected chi connectivity index (χ3v) is 2.10. The van der Waals surface area contributed by atoms with Crippen LogP contribution in [0.25, 0.3) is 0 Å². The summed E-state index contributed by atoms with van der Waals surface area (Å²) >= 11 is 0. The Morgan fingerprint density at radius 1 is 1.80 bits per heavy atom. The lowest BCUT2D eigenvalue weighted by Crippen LogP contribution is -1.59. The largest absolute Gasteiger partial charge is 0.134 e. The van der Waals surface area contributed by atoms with Crippen molar-refractivity contribution in [1.82, 2.24) is 0 Å². The zero-order valence-electron chi connectivity index (χ0n) is 3.44. The first-order valence-corrected chi connectivity index (χ1v) is 2.73. The lowest BCUT2D eigenvalue weighted by molar-refractivity contribution is 0.988. The van der Waals surface area contributed by atoms with Crippen molar-refractivity contribution in [3.8, 4) is 0 Å². The van der Waals surface area contributed by atoms with E-state index in [4.69, 9.17) is 0 Å². The van der Waals surface area contributed by atoms with Gasteiger partial charge in [0.05, 0.1) is 0 Å². The van der Waals surface area contributed by atoms with E-state index in [2.05, 4.69) is 16.2 Å². The van der Waals surface area contributed by atoms with Gasteiger partial charge < -0.3 is 0 Å². The SMILES string of the molecule is CC1C[C@H]1P. The van der Waals surface area contributed by atoms with Gasteiger partial charge in [-0.15, -0.1) is 9.24 Å². The minimum Gasteiger partial charge on any atom is -0.134 e. The van der Waals surface area contributed by atoms with E-state index in [1.54, 1.807) is 0 Å². The van der Waals surface area contributed by atoms with Crippen LogP contribution in [0.4, 0.5) is 0 Å². The monoisotopic (exact) mass is 88.0 g/mol. The zero-order chi connectivity index (χ0) is 3.86. The summed E-state index contributed by atoms with van der Waals surface area (Å²) in [5, 5.41) is 0. The van der Waals surface area contributed by atoms with Crippen molar-refractivity contribution < 1.29 is 0 Å². The van der Waals surface area contributed by atoms with Gasteiger partial charge in [-0.3, -0.25) is 0 Å². The summed E-state index contributed by atoms with van der Waals surface area (Å²) in [6.45, 7) is 2.28. The van der Waals surface area contributed by atoms with E-state index in [9.17, 15) is 0 Å². The van der Waals surface area contributed by atoms with Crippen LogP contribution >= 0.6 is 9.24 Å². The van der Waals surface area contributed by atoms with E-state index in [1.807, 2.05) is 0 Å². The molecule has 0 aromatic heterocycles. The van der Waals surface area contributed by atoms with Crippen LogP contribution < -0.4 is 0 Å².